The summed E-state index contributed by atoms with van der Waals surface area (Å²) in [6, 6.07) is 5.75. The molecular formula is C14H20BrN3O2. The normalized spacial score (nSPS) is 16.1. The highest BCUT2D eigenvalue weighted by Gasteiger charge is 2.15. The predicted molar refractivity (Wildman–Crippen MR) is 82.8 cm³/mol. The minimum Gasteiger partial charge on any atom is -0.380 e. The van der Waals surface area contributed by atoms with Gasteiger partial charge in [-0.3, -0.25) is 9.69 Å². The van der Waals surface area contributed by atoms with Gasteiger partial charge in [0.1, 0.15) is 0 Å². The molecule has 0 saturated carbocycles. The van der Waals surface area contributed by atoms with Gasteiger partial charge in [-0.25, -0.2) is 0 Å². The van der Waals surface area contributed by atoms with E-state index >= 15 is 0 Å². The average molecular weight is 342 g/mol. The Hall–Kier alpha value is -0.950. The second-order valence-electron chi connectivity index (χ2n) is 4.77. The number of nitrogens with zero attached hydrogens (tertiary/aromatic N) is 1. The van der Waals surface area contributed by atoms with Crippen molar-refractivity contribution in [2.24, 2.45) is 0 Å². The first-order valence-corrected chi connectivity index (χ1v) is 7.49. The minimum absolute atomic E-state index is 0.0161. The van der Waals surface area contributed by atoms with Gasteiger partial charge >= 0.3 is 0 Å². The quantitative estimate of drug-likeness (QED) is 0.850. The Bertz CT molecular complexity index is 462. The van der Waals surface area contributed by atoms with E-state index in [1.54, 1.807) is 7.11 Å². The number of hydrogen-bond acceptors (Lipinski definition) is 4. The largest absolute Gasteiger partial charge is 0.380 e. The molecule has 1 aromatic rings. The third-order valence-electron chi connectivity index (χ3n) is 3.26. The molecule has 0 unspecified atom stereocenters. The molecular weight excluding hydrogens is 322 g/mol. The summed E-state index contributed by atoms with van der Waals surface area (Å²) in [6.45, 7) is 4.61. The summed E-state index contributed by atoms with van der Waals surface area (Å²) in [5.41, 5.74) is 1.77. The van der Waals surface area contributed by atoms with Crippen LogP contribution in [-0.4, -0.2) is 50.6 Å². The van der Waals surface area contributed by atoms with Crippen LogP contribution in [0.5, 0.6) is 0 Å². The van der Waals surface area contributed by atoms with Crippen LogP contribution in [0, 0.1) is 0 Å². The van der Waals surface area contributed by atoms with E-state index in [4.69, 9.17) is 4.74 Å². The van der Waals surface area contributed by atoms with Crippen LogP contribution in [0.3, 0.4) is 0 Å². The molecule has 0 bridgehead atoms. The third-order valence-corrected chi connectivity index (χ3v) is 4.00. The number of piperazine rings is 1. The van der Waals surface area contributed by atoms with Gasteiger partial charge < -0.3 is 15.4 Å². The highest BCUT2D eigenvalue weighted by Crippen LogP contribution is 2.25. The van der Waals surface area contributed by atoms with E-state index in [9.17, 15) is 4.79 Å². The van der Waals surface area contributed by atoms with Crippen molar-refractivity contribution in [3.8, 4) is 0 Å². The molecule has 5 nitrogen and oxygen atoms in total. The van der Waals surface area contributed by atoms with Gasteiger partial charge in [-0.2, -0.15) is 0 Å². The van der Waals surface area contributed by atoms with E-state index in [1.807, 2.05) is 18.2 Å². The number of amides is 1. The Labute approximate surface area is 127 Å². The topological polar surface area (TPSA) is 53.6 Å². The van der Waals surface area contributed by atoms with Gasteiger partial charge in [-0.1, -0.05) is 22.0 Å². The molecule has 0 atom stereocenters. The Morgan fingerprint density at radius 1 is 1.45 bits per heavy atom. The van der Waals surface area contributed by atoms with E-state index in [1.165, 1.54) is 0 Å². The van der Waals surface area contributed by atoms with E-state index in [2.05, 4.69) is 31.5 Å². The van der Waals surface area contributed by atoms with Crippen molar-refractivity contribution in [1.29, 1.82) is 0 Å². The first-order chi connectivity index (χ1) is 9.70. The Morgan fingerprint density at radius 3 is 2.90 bits per heavy atom. The Morgan fingerprint density at radius 2 is 2.20 bits per heavy atom. The number of methoxy groups -OCH3 is 1. The van der Waals surface area contributed by atoms with Crippen LogP contribution in [-0.2, 0) is 16.1 Å². The van der Waals surface area contributed by atoms with Gasteiger partial charge in [0, 0.05) is 49.0 Å². The highest BCUT2D eigenvalue weighted by atomic mass is 79.9. The lowest BCUT2D eigenvalue weighted by molar-refractivity contribution is -0.117. The molecule has 1 heterocycles. The summed E-state index contributed by atoms with van der Waals surface area (Å²) >= 11 is 3.49. The zero-order valence-corrected chi connectivity index (χ0v) is 13.2. The maximum atomic E-state index is 12.1. The summed E-state index contributed by atoms with van der Waals surface area (Å²) in [5, 5.41) is 6.25. The lowest BCUT2D eigenvalue weighted by Crippen LogP contribution is -2.46. The van der Waals surface area contributed by atoms with Crippen molar-refractivity contribution in [2.75, 3.05) is 45.2 Å². The van der Waals surface area contributed by atoms with Crippen LogP contribution in [0.25, 0.3) is 0 Å². The van der Waals surface area contributed by atoms with Crippen molar-refractivity contribution < 1.29 is 9.53 Å². The van der Waals surface area contributed by atoms with Gasteiger partial charge in [0.05, 0.1) is 13.2 Å². The van der Waals surface area contributed by atoms with Crippen LogP contribution in [0.1, 0.15) is 5.56 Å². The van der Waals surface area contributed by atoms with Crippen molar-refractivity contribution in [3.63, 3.8) is 0 Å². The van der Waals surface area contributed by atoms with Crippen molar-refractivity contribution >= 4 is 27.5 Å². The maximum Gasteiger partial charge on any atom is 0.238 e. The van der Waals surface area contributed by atoms with Gasteiger partial charge in [0.2, 0.25) is 5.91 Å². The zero-order valence-electron chi connectivity index (χ0n) is 11.6. The van der Waals surface area contributed by atoms with E-state index < -0.39 is 0 Å². The minimum atomic E-state index is 0.0161. The number of carbonyl (C=O) groups is 1. The fourth-order valence-electron chi connectivity index (χ4n) is 2.23. The molecule has 0 spiro atoms. The van der Waals surface area contributed by atoms with Gasteiger partial charge in [-0.05, 0) is 12.1 Å². The number of halogens is 1. The van der Waals surface area contributed by atoms with E-state index in [-0.39, 0.29) is 5.91 Å². The number of carbonyl (C=O) groups excluding carboxylic acids is 1. The maximum absolute atomic E-state index is 12.1. The fraction of sp³-hybridized carbons (Fsp3) is 0.500. The van der Waals surface area contributed by atoms with Gasteiger partial charge in [-0.15, -0.1) is 0 Å². The number of anilines is 1. The number of ether oxygens (including phenoxy) is 1. The molecule has 110 valence electrons. The smallest absolute Gasteiger partial charge is 0.238 e. The molecule has 1 aliphatic rings. The van der Waals surface area contributed by atoms with Crippen LogP contribution in [0.4, 0.5) is 5.69 Å². The second-order valence-corrected chi connectivity index (χ2v) is 5.63. The first-order valence-electron chi connectivity index (χ1n) is 6.70. The van der Waals surface area contributed by atoms with Crippen molar-refractivity contribution in [3.05, 3.63) is 28.2 Å². The molecule has 0 aromatic heterocycles. The summed E-state index contributed by atoms with van der Waals surface area (Å²) in [7, 11) is 1.64. The summed E-state index contributed by atoms with van der Waals surface area (Å²) in [5.74, 6) is 0.0161. The molecule has 0 aliphatic carbocycles. The molecule has 0 radical (unpaired) electrons. The molecule has 6 heteroatoms. The SMILES string of the molecule is COCc1c(Br)cccc1NC(=O)CN1CCNCC1. The van der Waals surface area contributed by atoms with Crippen molar-refractivity contribution in [2.45, 2.75) is 6.61 Å². The first kappa shape index (κ1) is 15.4. The molecule has 1 aromatic carbocycles. The molecule has 1 aliphatic heterocycles. The summed E-state index contributed by atoms with van der Waals surface area (Å²) in [4.78, 5) is 14.3. The Kier molecular flexibility index (Phi) is 5.97. The predicted octanol–water partition coefficient (Wildman–Crippen LogP) is 1.44. The summed E-state index contributed by atoms with van der Waals surface area (Å²) < 4.78 is 6.12. The fourth-order valence-corrected chi connectivity index (χ4v) is 2.71. The molecule has 2 N–H and O–H groups in total. The van der Waals surface area contributed by atoms with Crippen LogP contribution < -0.4 is 10.6 Å². The third kappa shape index (κ3) is 4.28. The molecule has 1 amide bonds. The van der Waals surface area contributed by atoms with E-state index in [0.29, 0.717) is 13.2 Å². The Balaban J connectivity index is 1.98. The number of rotatable bonds is 5. The van der Waals surface area contributed by atoms with Crippen LogP contribution in [0.2, 0.25) is 0 Å². The number of nitrogens with one attached hydrogen (secondary N) is 2. The lowest BCUT2D eigenvalue weighted by atomic mass is 10.2. The second kappa shape index (κ2) is 7.73. The molecule has 1 fully saturated rings. The molecule has 1 saturated heterocycles. The van der Waals surface area contributed by atoms with Crippen LogP contribution in [0.15, 0.2) is 22.7 Å². The van der Waals surface area contributed by atoms with Gasteiger partial charge in [0.15, 0.2) is 0 Å². The average Bonchev–Trinajstić information content (AvgIpc) is 2.44. The van der Waals surface area contributed by atoms with Crippen molar-refractivity contribution in [1.82, 2.24) is 10.2 Å². The molecule has 2 rings (SSSR count). The van der Waals surface area contributed by atoms with Gasteiger partial charge in [0.25, 0.3) is 0 Å². The lowest BCUT2D eigenvalue weighted by Gasteiger charge is -2.26. The zero-order chi connectivity index (χ0) is 14.4. The van der Waals surface area contributed by atoms with E-state index in [0.717, 1.165) is 41.9 Å². The number of benzene rings is 1. The number of hydrogen-bond donors (Lipinski definition) is 2. The highest BCUT2D eigenvalue weighted by molar-refractivity contribution is 9.10. The molecule has 20 heavy (non-hydrogen) atoms. The summed E-state index contributed by atoms with van der Waals surface area (Å²) in [6.07, 6.45) is 0. The monoisotopic (exact) mass is 341 g/mol. The standard InChI is InChI=1S/C14H20BrN3O2/c1-20-10-11-12(15)3-2-4-13(11)17-14(19)9-18-7-5-16-6-8-18/h2-4,16H,5-10H2,1H3,(H,17,19). The van der Waals surface area contributed by atoms with Crippen LogP contribution >= 0.6 is 15.9 Å².